The van der Waals surface area contributed by atoms with Crippen molar-refractivity contribution in [2.45, 2.75) is 0 Å². The van der Waals surface area contributed by atoms with Crippen LogP contribution in [0.1, 0.15) is 0 Å². The minimum Gasteiger partial charge on any atom is -0.497 e. The van der Waals surface area contributed by atoms with E-state index < -0.39 is 0 Å². The number of ether oxygens (including phenoxy) is 3. The molecule has 0 amide bonds. The highest BCUT2D eigenvalue weighted by atomic mass is 16.5. The molecule has 1 aromatic heterocycles. The van der Waals surface area contributed by atoms with Gasteiger partial charge in [0.25, 0.3) is 0 Å². The topological polar surface area (TPSA) is 91.5 Å². The van der Waals surface area contributed by atoms with Crippen molar-refractivity contribution in [3.63, 3.8) is 0 Å². The number of methoxy groups -OCH3 is 2. The average molecular weight is 290 g/mol. The SMILES string of the molecule is COc1ccc(OCCNc2ncnc(OC)c2N)cc1. The van der Waals surface area contributed by atoms with Crippen LogP contribution in [0.4, 0.5) is 11.5 Å². The van der Waals surface area contributed by atoms with E-state index in [0.29, 0.717) is 30.5 Å². The van der Waals surface area contributed by atoms with Gasteiger partial charge in [-0.2, -0.15) is 4.98 Å². The predicted molar refractivity (Wildman–Crippen MR) is 80.0 cm³/mol. The van der Waals surface area contributed by atoms with Crippen molar-refractivity contribution in [2.24, 2.45) is 0 Å². The minimum atomic E-state index is 0.351. The number of aromatic nitrogens is 2. The molecule has 0 fully saturated rings. The molecule has 0 aliphatic rings. The van der Waals surface area contributed by atoms with Gasteiger partial charge in [-0.3, -0.25) is 0 Å². The lowest BCUT2D eigenvalue weighted by molar-refractivity contribution is 0.331. The number of anilines is 2. The third-order valence-corrected chi connectivity index (χ3v) is 2.76. The first-order valence-corrected chi connectivity index (χ1v) is 6.39. The Kier molecular flexibility index (Phi) is 5.03. The lowest BCUT2D eigenvalue weighted by Gasteiger charge is -2.11. The summed E-state index contributed by atoms with van der Waals surface area (Å²) in [6.45, 7) is 1.02. The number of nitrogens with one attached hydrogen (secondary N) is 1. The number of nitrogens with two attached hydrogens (primary N) is 1. The quantitative estimate of drug-likeness (QED) is 0.748. The maximum absolute atomic E-state index is 5.85. The molecule has 0 unspecified atom stereocenters. The third-order valence-electron chi connectivity index (χ3n) is 2.76. The molecule has 1 heterocycles. The van der Waals surface area contributed by atoms with Gasteiger partial charge in [-0.15, -0.1) is 0 Å². The molecule has 7 heteroatoms. The lowest BCUT2D eigenvalue weighted by Crippen LogP contribution is -2.14. The number of nitrogen functional groups attached to an aromatic ring is 1. The first-order chi connectivity index (χ1) is 10.2. The normalized spacial score (nSPS) is 10.0. The van der Waals surface area contributed by atoms with Crippen LogP contribution < -0.4 is 25.3 Å². The molecule has 112 valence electrons. The molecule has 0 bridgehead atoms. The van der Waals surface area contributed by atoms with E-state index in [-0.39, 0.29) is 0 Å². The Bertz CT molecular complexity index is 575. The van der Waals surface area contributed by atoms with Gasteiger partial charge in [-0.05, 0) is 24.3 Å². The largest absolute Gasteiger partial charge is 0.497 e. The molecule has 0 spiro atoms. The number of hydrogen-bond acceptors (Lipinski definition) is 7. The van der Waals surface area contributed by atoms with Crippen LogP contribution in [0.5, 0.6) is 17.4 Å². The van der Waals surface area contributed by atoms with Crippen LogP contribution in [-0.4, -0.2) is 37.3 Å². The van der Waals surface area contributed by atoms with E-state index in [9.17, 15) is 0 Å². The molecule has 2 aromatic rings. The van der Waals surface area contributed by atoms with Gasteiger partial charge in [0.15, 0.2) is 5.82 Å². The van der Waals surface area contributed by atoms with Crippen LogP contribution in [-0.2, 0) is 0 Å². The molecule has 0 atom stereocenters. The standard InChI is InChI=1S/C14H18N4O3/c1-19-10-3-5-11(6-4-10)21-8-7-16-13-12(15)14(20-2)18-9-17-13/h3-6,9H,7-8,15H2,1-2H3,(H,16,17,18). The summed E-state index contributed by atoms with van der Waals surface area (Å²) in [7, 11) is 3.13. The molecule has 0 aliphatic heterocycles. The van der Waals surface area contributed by atoms with E-state index in [1.54, 1.807) is 7.11 Å². The summed E-state index contributed by atoms with van der Waals surface area (Å²) in [5.41, 5.74) is 6.23. The van der Waals surface area contributed by atoms with Crippen LogP contribution in [0.2, 0.25) is 0 Å². The van der Waals surface area contributed by atoms with E-state index in [1.165, 1.54) is 13.4 Å². The summed E-state index contributed by atoms with van der Waals surface area (Å²) in [6.07, 6.45) is 1.39. The first kappa shape index (κ1) is 14.7. The van der Waals surface area contributed by atoms with E-state index >= 15 is 0 Å². The van der Waals surface area contributed by atoms with E-state index in [0.717, 1.165) is 11.5 Å². The van der Waals surface area contributed by atoms with Gasteiger partial charge in [0, 0.05) is 0 Å². The Morgan fingerprint density at radius 1 is 1.05 bits per heavy atom. The molecule has 0 aliphatic carbocycles. The number of hydrogen-bond donors (Lipinski definition) is 2. The number of benzene rings is 1. The zero-order valence-corrected chi connectivity index (χ0v) is 12.0. The van der Waals surface area contributed by atoms with Crippen molar-refractivity contribution < 1.29 is 14.2 Å². The van der Waals surface area contributed by atoms with E-state index in [1.807, 2.05) is 24.3 Å². The summed E-state index contributed by atoms with van der Waals surface area (Å²) < 4.78 is 15.7. The Balaban J connectivity index is 1.81. The fourth-order valence-electron chi connectivity index (χ4n) is 1.69. The van der Waals surface area contributed by atoms with Gasteiger partial charge < -0.3 is 25.3 Å². The van der Waals surface area contributed by atoms with Gasteiger partial charge in [0.1, 0.15) is 30.1 Å². The van der Waals surface area contributed by atoms with Crippen molar-refractivity contribution in [1.29, 1.82) is 0 Å². The van der Waals surface area contributed by atoms with Gasteiger partial charge in [-0.25, -0.2) is 4.98 Å². The molecule has 0 radical (unpaired) electrons. The molecular weight excluding hydrogens is 272 g/mol. The lowest BCUT2D eigenvalue weighted by atomic mass is 10.3. The monoisotopic (exact) mass is 290 g/mol. The smallest absolute Gasteiger partial charge is 0.242 e. The van der Waals surface area contributed by atoms with Crippen molar-refractivity contribution >= 4 is 11.5 Å². The molecule has 0 saturated carbocycles. The van der Waals surface area contributed by atoms with Crippen LogP contribution in [0, 0.1) is 0 Å². The maximum atomic E-state index is 5.85. The fourth-order valence-corrected chi connectivity index (χ4v) is 1.69. The second-order valence-electron chi connectivity index (χ2n) is 4.10. The van der Waals surface area contributed by atoms with Crippen LogP contribution in [0.3, 0.4) is 0 Å². The Hall–Kier alpha value is -2.70. The van der Waals surface area contributed by atoms with Gasteiger partial charge in [-0.1, -0.05) is 0 Å². The van der Waals surface area contributed by atoms with Gasteiger partial charge in [0.05, 0.1) is 20.8 Å². The second kappa shape index (κ2) is 7.18. The van der Waals surface area contributed by atoms with Crippen LogP contribution in [0.25, 0.3) is 0 Å². The average Bonchev–Trinajstić information content (AvgIpc) is 2.53. The zero-order chi connectivity index (χ0) is 15.1. The van der Waals surface area contributed by atoms with E-state index in [4.69, 9.17) is 19.9 Å². The highest BCUT2D eigenvalue weighted by Crippen LogP contribution is 2.23. The van der Waals surface area contributed by atoms with Crippen LogP contribution in [0.15, 0.2) is 30.6 Å². The summed E-state index contributed by atoms with van der Waals surface area (Å²) >= 11 is 0. The zero-order valence-electron chi connectivity index (χ0n) is 12.0. The first-order valence-electron chi connectivity index (χ1n) is 6.39. The van der Waals surface area contributed by atoms with Crippen LogP contribution >= 0.6 is 0 Å². The predicted octanol–water partition coefficient (Wildman–Crippen LogP) is 1.57. The minimum absolute atomic E-state index is 0.351. The summed E-state index contributed by atoms with van der Waals surface area (Å²) in [5, 5.41) is 3.07. The van der Waals surface area contributed by atoms with Gasteiger partial charge >= 0.3 is 0 Å². The van der Waals surface area contributed by atoms with Crippen molar-refractivity contribution in [1.82, 2.24) is 9.97 Å². The molecule has 2 rings (SSSR count). The summed E-state index contributed by atoms with van der Waals surface area (Å²) in [5.74, 6) is 2.44. The van der Waals surface area contributed by atoms with Gasteiger partial charge in [0.2, 0.25) is 5.88 Å². The highest BCUT2D eigenvalue weighted by Gasteiger charge is 2.07. The van der Waals surface area contributed by atoms with Crippen molar-refractivity contribution in [2.75, 3.05) is 38.4 Å². The summed E-state index contributed by atoms with van der Waals surface area (Å²) in [6, 6.07) is 7.38. The highest BCUT2D eigenvalue weighted by molar-refractivity contribution is 5.66. The third kappa shape index (κ3) is 3.88. The second-order valence-corrected chi connectivity index (χ2v) is 4.10. The van der Waals surface area contributed by atoms with E-state index in [2.05, 4.69) is 15.3 Å². The molecule has 1 aromatic carbocycles. The van der Waals surface area contributed by atoms with Crippen molar-refractivity contribution in [3.8, 4) is 17.4 Å². The number of nitrogens with zero attached hydrogens (tertiary/aromatic N) is 2. The number of rotatable bonds is 7. The Labute approximate surface area is 123 Å². The maximum Gasteiger partial charge on any atom is 0.242 e. The molecular formula is C14H18N4O3. The Morgan fingerprint density at radius 2 is 1.76 bits per heavy atom. The van der Waals surface area contributed by atoms with Crippen molar-refractivity contribution in [3.05, 3.63) is 30.6 Å². The molecule has 21 heavy (non-hydrogen) atoms. The fraction of sp³-hybridized carbons (Fsp3) is 0.286. The molecule has 0 saturated heterocycles. The summed E-state index contributed by atoms with van der Waals surface area (Å²) in [4.78, 5) is 7.96. The molecule has 7 nitrogen and oxygen atoms in total. The Morgan fingerprint density at radius 3 is 2.43 bits per heavy atom. The molecule has 3 N–H and O–H groups in total.